The summed E-state index contributed by atoms with van der Waals surface area (Å²) in [5.74, 6) is 0.684. The van der Waals surface area contributed by atoms with E-state index in [2.05, 4.69) is 22.5 Å². The molecule has 0 bridgehead atoms. The van der Waals surface area contributed by atoms with E-state index in [4.69, 9.17) is 0 Å². The maximum atomic E-state index is 13.0. The highest BCUT2D eigenvalue weighted by Gasteiger charge is 1.98. The minimum absolute atomic E-state index is 0.163. The number of guanidine groups is 1. The van der Waals surface area contributed by atoms with Gasteiger partial charge in [0.2, 0.25) is 0 Å². The Morgan fingerprint density at radius 1 is 1.15 bits per heavy atom. The van der Waals surface area contributed by atoms with E-state index >= 15 is 0 Å². The predicted molar refractivity (Wildman–Crippen MR) is 83.6 cm³/mol. The number of aliphatic imine (C=N–C) groups is 1. The summed E-state index contributed by atoms with van der Waals surface area (Å²) in [6.07, 6.45) is 5.46. The molecule has 3 nitrogen and oxygen atoms in total. The Balaban J connectivity index is 2.15. The van der Waals surface area contributed by atoms with Gasteiger partial charge in [0, 0.05) is 20.1 Å². The Kier molecular flexibility index (Phi) is 8.43. The maximum absolute atomic E-state index is 13.0. The molecule has 0 aliphatic carbocycles. The first kappa shape index (κ1) is 16.5. The number of hydrogen-bond acceptors (Lipinski definition) is 1. The molecular weight excluding hydrogens is 253 g/mol. The number of benzene rings is 1. The molecule has 0 heterocycles. The van der Waals surface area contributed by atoms with Gasteiger partial charge in [0.25, 0.3) is 0 Å². The Bertz CT molecular complexity index is 404. The second kappa shape index (κ2) is 10.2. The fourth-order valence-electron chi connectivity index (χ4n) is 1.99. The van der Waals surface area contributed by atoms with Crippen molar-refractivity contribution in [3.8, 4) is 0 Å². The smallest absolute Gasteiger partial charge is 0.190 e. The van der Waals surface area contributed by atoms with Gasteiger partial charge in [-0.15, -0.1) is 0 Å². The number of halogens is 1. The van der Waals surface area contributed by atoms with E-state index < -0.39 is 0 Å². The first-order valence-corrected chi connectivity index (χ1v) is 7.45. The van der Waals surface area contributed by atoms with Gasteiger partial charge in [-0.2, -0.15) is 0 Å². The third-order valence-electron chi connectivity index (χ3n) is 3.12. The van der Waals surface area contributed by atoms with E-state index in [0.717, 1.165) is 37.5 Å². The van der Waals surface area contributed by atoms with Crippen LogP contribution >= 0.6 is 0 Å². The molecule has 0 atom stereocenters. The van der Waals surface area contributed by atoms with Gasteiger partial charge in [-0.25, -0.2) is 4.39 Å². The Labute approximate surface area is 121 Å². The largest absolute Gasteiger partial charge is 0.356 e. The molecule has 0 saturated heterocycles. The molecule has 0 spiro atoms. The van der Waals surface area contributed by atoms with Crippen molar-refractivity contribution < 1.29 is 4.39 Å². The highest BCUT2D eigenvalue weighted by molar-refractivity contribution is 5.79. The standard InChI is InChI=1S/C16H26FN3/c1-3-4-5-11-19-16(18-2)20-12-7-9-14-8-6-10-15(17)13-14/h6,8,10,13H,3-5,7,9,11-12H2,1-2H3,(H2,18,19,20). The minimum Gasteiger partial charge on any atom is -0.356 e. The lowest BCUT2D eigenvalue weighted by atomic mass is 10.1. The molecule has 1 aromatic rings. The molecule has 0 aliphatic heterocycles. The lowest BCUT2D eigenvalue weighted by Crippen LogP contribution is -2.38. The van der Waals surface area contributed by atoms with Crippen LogP contribution in [-0.2, 0) is 6.42 Å². The zero-order chi connectivity index (χ0) is 14.6. The molecule has 0 unspecified atom stereocenters. The summed E-state index contributed by atoms with van der Waals surface area (Å²) in [6, 6.07) is 6.79. The highest BCUT2D eigenvalue weighted by Crippen LogP contribution is 2.05. The molecule has 0 radical (unpaired) electrons. The monoisotopic (exact) mass is 279 g/mol. The second-order valence-electron chi connectivity index (χ2n) is 4.87. The van der Waals surface area contributed by atoms with Crippen LogP contribution in [0.25, 0.3) is 0 Å². The average Bonchev–Trinajstić information content (AvgIpc) is 2.46. The van der Waals surface area contributed by atoms with E-state index in [1.165, 1.54) is 25.3 Å². The Morgan fingerprint density at radius 3 is 2.55 bits per heavy atom. The number of aryl methyl sites for hydroxylation is 1. The highest BCUT2D eigenvalue weighted by atomic mass is 19.1. The molecule has 4 heteroatoms. The molecule has 0 amide bonds. The first-order valence-electron chi connectivity index (χ1n) is 7.45. The van der Waals surface area contributed by atoms with Gasteiger partial charge in [0.1, 0.15) is 5.82 Å². The van der Waals surface area contributed by atoms with E-state index in [0.29, 0.717) is 0 Å². The van der Waals surface area contributed by atoms with Gasteiger partial charge >= 0.3 is 0 Å². The van der Waals surface area contributed by atoms with Crippen molar-refractivity contribution in [2.75, 3.05) is 20.1 Å². The molecule has 20 heavy (non-hydrogen) atoms. The average molecular weight is 279 g/mol. The van der Waals surface area contributed by atoms with Crippen LogP contribution in [0.4, 0.5) is 4.39 Å². The minimum atomic E-state index is -0.163. The van der Waals surface area contributed by atoms with Gasteiger partial charge in [0.05, 0.1) is 0 Å². The fraction of sp³-hybridized carbons (Fsp3) is 0.562. The topological polar surface area (TPSA) is 36.4 Å². The van der Waals surface area contributed by atoms with Crippen molar-refractivity contribution in [3.05, 3.63) is 35.6 Å². The summed E-state index contributed by atoms with van der Waals surface area (Å²) in [7, 11) is 1.78. The first-order chi connectivity index (χ1) is 9.76. The fourth-order valence-corrected chi connectivity index (χ4v) is 1.99. The molecule has 0 fully saturated rings. The predicted octanol–water partition coefficient (Wildman–Crippen LogP) is 3.11. The van der Waals surface area contributed by atoms with Gasteiger partial charge in [0.15, 0.2) is 5.96 Å². The number of hydrogen-bond donors (Lipinski definition) is 2. The van der Waals surface area contributed by atoms with Crippen molar-refractivity contribution in [2.45, 2.75) is 39.0 Å². The zero-order valence-corrected chi connectivity index (χ0v) is 12.6. The van der Waals surface area contributed by atoms with E-state index in [-0.39, 0.29) is 5.82 Å². The molecule has 112 valence electrons. The Hall–Kier alpha value is -1.58. The molecule has 1 aromatic carbocycles. The molecular formula is C16H26FN3. The van der Waals surface area contributed by atoms with Crippen molar-refractivity contribution >= 4 is 5.96 Å². The number of rotatable bonds is 8. The van der Waals surface area contributed by atoms with Crippen LogP contribution in [0.2, 0.25) is 0 Å². The third kappa shape index (κ3) is 7.12. The van der Waals surface area contributed by atoms with Gasteiger partial charge < -0.3 is 10.6 Å². The maximum Gasteiger partial charge on any atom is 0.190 e. The number of nitrogens with one attached hydrogen (secondary N) is 2. The summed E-state index contributed by atoms with van der Waals surface area (Å²) in [4.78, 5) is 4.18. The number of unbranched alkanes of at least 4 members (excludes halogenated alkanes) is 2. The van der Waals surface area contributed by atoms with Crippen molar-refractivity contribution in [3.63, 3.8) is 0 Å². The van der Waals surface area contributed by atoms with Crippen LogP contribution in [0.5, 0.6) is 0 Å². The van der Waals surface area contributed by atoms with E-state index in [9.17, 15) is 4.39 Å². The van der Waals surface area contributed by atoms with Gasteiger partial charge in [-0.1, -0.05) is 31.9 Å². The quantitative estimate of drug-likeness (QED) is 0.436. The van der Waals surface area contributed by atoms with Crippen molar-refractivity contribution in [2.24, 2.45) is 4.99 Å². The summed E-state index contributed by atoms with van der Waals surface area (Å²) in [5.41, 5.74) is 1.04. The van der Waals surface area contributed by atoms with Crippen LogP contribution in [0.15, 0.2) is 29.3 Å². The summed E-state index contributed by atoms with van der Waals surface area (Å²) in [5, 5.41) is 6.57. The van der Waals surface area contributed by atoms with Crippen molar-refractivity contribution in [1.82, 2.24) is 10.6 Å². The molecule has 2 N–H and O–H groups in total. The van der Waals surface area contributed by atoms with Crippen LogP contribution in [0.1, 0.15) is 38.2 Å². The van der Waals surface area contributed by atoms with Crippen LogP contribution in [-0.4, -0.2) is 26.1 Å². The van der Waals surface area contributed by atoms with Crippen LogP contribution < -0.4 is 10.6 Å². The Morgan fingerprint density at radius 2 is 1.90 bits per heavy atom. The third-order valence-corrected chi connectivity index (χ3v) is 3.12. The van der Waals surface area contributed by atoms with Crippen LogP contribution in [0.3, 0.4) is 0 Å². The normalized spacial score (nSPS) is 11.4. The van der Waals surface area contributed by atoms with E-state index in [1.54, 1.807) is 19.2 Å². The lowest BCUT2D eigenvalue weighted by molar-refractivity contribution is 0.624. The van der Waals surface area contributed by atoms with Gasteiger partial charge in [-0.3, -0.25) is 4.99 Å². The molecule has 0 saturated carbocycles. The van der Waals surface area contributed by atoms with E-state index in [1.807, 2.05) is 6.07 Å². The van der Waals surface area contributed by atoms with Gasteiger partial charge in [-0.05, 0) is 37.0 Å². The molecule has 0 aromatic heterocycles. The molecule has 0 aliphatic rings. The summed E-state index contributed by atoms with van der Waals surface area (Å²) in [6.45, 7) is 3.99. The summed E-state index contributed by atoms with van der Waals surface area (Å²) >= 11 is 0. The second-order valence-corrected chi connectivity index (χ2v) is 4.87. The zero-order valence-electron chi connectivity index (χ0n) is 12.6. The van der Waals surface area contributed by atoms with Crippen LogP contribution in [0, 0.1) is 5.82 Å². The lowest BCUT2D eigenvalue weighted by Gasteiger charge is -2.11. The molecule has 1 rings (SSSR count). The SMILES string of the molecule is CCCCCNC(=NC)NCCCc1cccc(F)c1. The number of nitrogens with zero attached hydrogens (tertiary/aromatic N) is 1. The summed E-state index contributed by atoms with van der Waals surface area (Å²) < 4.78 is 13.0. The van der Waals surface area contributed by atoms with Crippen molar-refractivity contribution in [1.29, 1.82) is 0 Å².